The monoisotopic (exact) mass is 208 g/mol. The second kappa shape index (κ2) is 7.51. The smallest absolute Gasteiger partial charge is 0.00601 e. The summed E-state index contributed by atoms with van der Waals surface area (Å²) in [5, 5.41) is 1.06. The molecule has 1 atom stereocenters. The molecule has 0 amide bonds. The highest BCUT2D eigenvalue weighted by molar-refractivity contribution is 9.09. The summed E-state index contributed by atoms with van der Waals surface area (Å²) in [5.74, 6) is 0.730. The predicted molar refractivity (Wildman–Crippen MR) is 49.2 cm³/mol. The van der Waals surface area contributed by atoms with E-state index in [0.717, 1.165) is 37.2 Å². The molecule has 0 bridgehead atoms. The van der Waals surface area contributed by atoms with Crippen LogP contribution < -0.4 is 11.5 Å². The second-order valence-corrected chi connectivity index (χ2v) is 3.18. The lowest BCUT2D eigenvalue weighted by atomic mass is 10.0. The van der Waals surface area contributed by atoms with Crippen LogP contribution in [0.5, 0.6) is 0 Å². The molecule has 62 valence electrons. The maximum atomic E-state index is 5.42. The first kappa shape index (κ1) is 10.4. The molecule has 0 aromatic carbocycles. The number of alkyl halides is 1. The largest absolute Gasteiger partial charge is 0.330 e. The Balaban J connectivity index is 3.21. The van der Waals surface area contributed by atoms with Gasteiger partial charge in [-0.05, 0) is 38.3 Å². The first-order chi connectivity index (χ1) is 4.85. The van der Waals surface area contributed by atoms with E-state index >= 15 is 0 Å². The van der Waals surface area contributed by atoms with Crippen molar-refractivity contribution < 1.29 is 0 Å². The van der Waals surface area contributed by atoms with Crippen LogP contribution in [0, 0.1) is 5.92 Å². The van der Waals surface area contributed by atoms with Crippen molar-refractivity contribution >= 4 is 15.9 Å². The zero-order valence-corrected chi connectivity index (χ0v) is 7.94. The fourth-order valence-corrected chi connectivity index (χ4v) is 1.59. The lowest BCUT2D eigenvalue weighted by Crippen LogP contribution is -2.11. The summed E-state index contributed by atoms with van der Waals surface area (Å²) < 4.78 is 0. The number of hydrogen-bond donors (Lipinski definition) is 2. The van der Waals surface area contributed by atoms with Crippen molar-refractivity contribution in [2.75, 3.05) is 18.4 Å². The average molecular weight is 209 g/mol. The van der Waals surface area contributed by atoms with Gasteiger partial charge in [0, 0.05) is 5.33 Å². The van der Waals surface area contributed by atoms with Crippen LogP contribution in [0.4, 0.5) is 0 Å². The Morgan fingerprint density at radius 1 is 1.10 bits per heavy atom. The van der Waals surface area contributed by atoms with E-state index in [1.807, 2.05) is 0 Å². The molecular formula is C7H17BrN2. The first-order valence-electron chi connectivity index (χ1n) is 3.81. The number of rotatable bonds is 6. The molecule has 0 saturated heterocycles. The third-order valence-corrected chi connectivity index (χ3v) is 2.53. The third-order valence-electron chi connectivity index (χ3n) is 1.61. The van der Waals surface area contributed by atoms with Gasteiger partial charge < -0.3 is 11.5 Å². The van der Waals surface area contributed by atoms with E-state index in [9.17, 15) is 0 Å². The Labute approximate surface area is 71.5 Å². The Kier molecular flexibility index (Phi) is 7.81. The number of halogens is 1. The average Bonchev–Trinajstić information content (AvgIpc) is 1.98. The Morgan fingerprint density at radius 2 is 1.80 bits per heavy atom. The van der Waals surface area contributed by atoms with Crippen LogP contribution in [-0.2, 0) is 0 Å². The Hall–Kier alpha value is 0.400. The molecule has 0 saturated carbocycles. The zero-order valence-electron chi connectivity index (χ0n) is 6.35. The van der Waals surface area contributed by atoms with Gasteiger partial charge in [0.2, 0.25) is 0 Å². The molecule has 2 nitrogen and oxygen atoms in total. The van der Waals surface area contributed by atoms with Gasteiger partial charge in [-0.25, -0.2) is 0 Å². The SMILES string of the molecule is NCCCC(CBr)CCN. The van der Waals surface area contributed by atoms with Crippen LogP contribution in [0.15, 0.2) is 0 Å². The van der Waals surface area contributed by atoms with E-state index < -0.39 is 0 Å². The van der Waals surface area contributed by atoms with Gasteiger partial charge in [-0.15, -0.1) is 0 Å². The van der Waals surface area contributed by atoms with Gasteiger partial charge >= 0.3 is 0 Å². The maximum absolute atomic E-state index is 5.42. The van der Waals surface area contributed by atoms with E-state index in [-0.39, 0.29) is 0 Å². The second-order valence-electron chi connectivity index (χ2n) is 2.53. The van der Waals surface area contributed by atoms with E-state index in [2.05, 4.69) is 15.9 Å². The van der Waals surface area contributed by atoms with Crippen molar-refractivity contribution in [1.29, 1.82) is 0 Å². The van der Waals surface area contributed by atoms with Gasteiger partial charge in [-0.1, -0.05) is 15.9 Å². The van der Waals surface area contributed by atoms with Crippen molar-refractivity contribution in [1.82, 2.24) is 0 Å². The molecule has 0 spiro atoms. The molecule has 0 aliphatic heterocycles. The summed E-state index contributed by atoms with van der Waals surface area (Å²) in [6, 6.07) is 0. The van der Waals surface area contributed by atoms with E-state index in [1.54, 1.807) is 0 Å². The summed E-state index contributed by atoms with van der Waals surface area (Å²) in [5.41, 5.74) is 10.8. The van der Waals surface area contributed by atoms with Crippen LogP contribution in [0.1, 0.15) is 19.3 Å². The maximum Gasteiger partial charge on any atom is 0.00601 e. The molecule has 10 heavy (non-hydrogen) atoms. The van der Waals surface area contributed by atoms with Crippen LogP contribution in [-0.4, -0.2) is 18.4 Å². The molecule has 0 aliphatic carbocycles. The highest BCUT2D eigenvalue weighted by atomic mass is 79.9. The summed E-state index contributed by atoms with van der Waals surface area (Å²) in [4.78, 5) is 0. The Morgan fingerprint density at radius 3 is 2.20 bits per heavy atom. The summed E-state index contributed by atoms with van der Waals surface area (Å²) in [6.45, 7) is 1.59. The zero-order chi connectivity index (χ0) is 7.82. The molecule has 0 rings (SSSR count). The summed E-state index contributed by atoms with van der Waals surface area (Å²) in [7, 11) is 0. The van der Waals surface area contributed by atoms with Gasteiger partial charge in [-0.2, -0.15) is 0 Å². The van der Waals surface area contributed by atoms with Gasteiger partial charge in [0.05, 0.1) is 0 Å². The molecule has 0 radical (unpaired) electrons. The van der Waals surface area contributed by atoms with E-state index in [4.69, 9.17) is 11.5 Å². The molecule has 1 unspecified atom stereocenters. The van der Waals surface area contributed by atoms with E-state index in [0.29, 0.717) is 0 Å². The molecule has 0 aromatic rings. The first-order valence-corrected chi connectivity index (χ1v) is 4.93. The van der Waals surface area contributed by atoms with Crippen LogP contribution >= 0.6 is 15.9 Å². The van der Waals surface area contributed by atoms with Crippen molar-refractivity contribution in [2.24, 2.45) is 17.4 Å². The van der Waals surface area contributed by atoms with Crippen LogP contribution in [0.25, 0.3) is 0 Å². The molecule has 3 heteroatoms. The van der Waals surface area contributed by atoms with E-state index in [1.165, 1.54) is 6.42 Å². The third kappa shape index (κ3) is 5.21. The van der Waals surface area contributed by atoms with Crippen LogP contribution in [0.3, 0.4) is 0 Å². The molecule has 0 fully saturated rings. The minimum Gasteiger partial charge on any atom is -0.330 e. The van der Waals surface area contributed by atoms with Crippen molar-refractivity contribution in [3.05, 3.63) is 0 Å². The van der Waals surface area contributed by atoms with Crippen molar-refractivity contribution in [3.8, 4) is 0 Å². The molecule has 4 N–H and O–H groups in total. The summed E-state index contributed by atoms with van der Waals surface area (Å²) >= 11 is 3.45. The van der Waals surface area contributed by atoms with Crippen molar-refractivity contribution in [3.63, 3.8) is 0 Å². The quantitative estimate of drug-likeness (QED) is 0.643. The highest BCUT2D eigenvalue weighted by Crippen LogP contribution is 2.12. The summed E-state index contributed by atoms with van der Waals surface area (Å²) in [6.07, 6.45) is 3.44. The van der Waals surface area contributed by atoms with Gasteiger partial charge in [0.1, 0.15) is 0 Å². The lowest BCUT2D eigenvalue weighted by Gasteiger charge is -2.10. The Bertz CT molecular complexity index is 68.6. The van der Waals surface area contributed by atoms with Gasteiger partial charge in [0.25, 0.3) is 0 Å². The standard InChI is InChI=1S/C7H17BrN2/c8-6-7(3-5-10)2-1-4-9/h7H,1-6,9-10H2. The van der Waals surface area contributed by atoms with Gasteiger partial charge in [0.15, 0.2) is 0 Å². The number of hydrogen-bond acceptors (Lipinski definition) is 2. The lowest BCUT2D eigenvalue weighted by molar-refractivity contribution is 0.495. The van der Waals surface area contributed by atoms with Crippen LogP contribution in [0.2, 0.25) is 0 Å². The highest BCUT2D eigenvalue weighted by Gasteiger charge is 2.03. The minimum atomic E-state index is 0.730. The molecule has 0 aromatic heterocycles. The van der Waals surface area contributed by atoms with Crippen molar-refractivity contribution in [2.45, 2.75) is 19.3 Å². The molecular weight excluding hydrogens is 192 g/mol. The fraction of sp³-hybridized carbons (Fsp3) is 1.00. The molecule has 0 aliphatic rings. The number of nitrogens with two attached hydrogens (primary N) is 2. The normalized spacial score (nSPS) is 13.5. The van der Waals surface area contributed by atoms with Gasteiger partial charge in [-0.3, -0.25) is 0 Å². The minimum absolute atomic E-state index is 0.730. The molecule has 0 heterocycles. The predicted octanol–water partition coefficient (Wildman–Crippen LogP) is 1.09. The fourth-order valence-electron chi connectivity index (χ4n) is 0.941. The topological polar surface area (TPSA) is 52.0 Å².